The van der Waals surface area contributed by atoms with Crippen molar-refractivity contribution in [2.45, 2.75) is 9.10 Å². The van der Waals surface area contributed by atoms with Crippen molar-refractivity contribution in [1.82, 2.24) is 0 Å². The van der Waals surface area contributed by atoms with Gasteiger partial charge in [0, 0.05) is 10.3 Å². The Labute approximate surface area is 72.2 Å². The van der Waals surface area contributed by atoms with Crippen LogP contribution in [0.3, 0.4) is 0 Å². The molecular weight excluding hydrogens is 188 g/mol. The normalized spacial score (nSPS) is 10.0. The van der Waals surface area contributed by atoms with Gasteiger partial charge >= 0.3 is 0 Å². The molecule has 0 amide bonds. The van der Waals surface area contributed by atoms with E-state index >= 15 is 0 Å². The van der Waals surface area contributed by atoms with Gasteiger partial charge in [0.05, 0.1) is 4.21 Å². The van der Waals surface area contributed by atoms with Crippen LogP contribution in [0.4, 0.5) is 0 Å². The van der Waals surface area contributed by atoms with E-state index < -0.39 is 0 Å². The average Bonchev–Trinajstić information content (AvgIpc) is 2.17. The summed E-state index contributed by atoms with van der Waals surface area (Å²) < 4.78 is 1.09. The third-order valence-corrected chi connectivity index (χ3v) is 3.74. The summed E-state index contributed by atoms with van der Waals surface area (Å²) >= 11 is 5.87. The highest BCUT2D eigenvalue weighted by atomic mass is 33.1. The van der Waals surface area contributed by atoms with Gasteiger partial charge in [-0.3, -0.25) is 0 Å². The first-order valence-electron chi connectivity index (χ1n) is 2.31. The summed E-state index contributed by atoms with van der Waals surface area (Å²) in [6.07, 6.45) is 2.07. The van der Waals surface area contributed by atoms with Gasteiger partial charge in [-0.1, -0.05) is 21.6 Å². The Morgan fingerprint density at radius 1 is 1.67 bits per heavy atom. The van der Waals surface area contributed by atoms with Crippen LogP contribution in [0.5, 0.6) is 0 Å². The van der Waals surface area contributed by atoms with Gasteiger partial charge in [-0.05, 0) is 12.3 Å². The van der Waals surface area contributed by atoms with Gasteiger partial charge in [0.15, 0.2) is 0 Å². The van der Waals surface area contributed by atoms with Crippen molar-refractivity contribution in [3.63, 3.8) is 0 Å². The molecule has 1 rings (SSSR count). The Morgan fingerprint density at radius 2 is 2.44 bits per heavy atom. The van der Waals surface area contributed by atoms with Crippen LogP contribution in [-0.2, 0) is 0 Å². The summed E-state index contributed by atoms with van der Waals surface area (Å²) in [5, 5.41) is 2.11. The van der Waals surface area contributed by atoms with Gasteiger partial charge in [0.25, 0.3) is 0 Å². The summed E-state index contributed by atoms with van der Waals surface area (Å²) in [4.78, 5) is 1.30. The van der Waals surface area contributed by atoms with Gasteiger partial charge in [0.2, 0.25) is 0 Å². The molecule has 0 aliphatic heterocycles. The van der Waals surface area contributed by atoms with E-state index in [1.807, 2.05) is 0 Å². The highest BCUT2D eigenvalue weighted by Gasteiger charge is 1.94. The molecule has 4 heteroatoms. The van der Waals surface area contributed by atoms with Crippen molar-refractivity contribution in [3.8, 4) is 0 Å². The van der Waals surface area contributed by atoms with Gasteiger partial charge in [-0.25, -0.2) is 0 Å². The topological polar surface area (TPSA) is 0 Å². The van der Waals surface area contributed by atoms with E-state index in [1.54, 1.807) is 32.9 Å². The van der Waals surface area contributed by atoms with Crippen LogP contribution in [0.1, 0.15) is 0 Å². The number of rotatable bonds is 2. The molecule has 50 valence electrons. The molecule has 1 aromatic rings. The predicted molar refractivity (Wildman–Crippen MR) is 50.9 cm³/mol. The first kappa shape index (κ1) is 7.85. The van der Waals surface area contributed by atoms with Crippen LogP contribution in [-0.4, -0.2) is 6.26 Å². The van der Waals surface area contributed by atoms with E-state index in [0.29, 0.717) is 0 Å². The minimum atomic E-state index is 1.09. The van der Waals surface area contributed by atoms with Crippen LogP contribution in [0.15, 0.2) is 20.6 Å². The van der Waals surface area contributed by atoms with Gasteiger partial charge in [-0.2, -0.15) is 0 Å². The molecule has 9 heavy (non-hydrogen) atoms. The maximum Gasteiger partial charge on any atom is 0.0579 e. The summed E-state index contributed by atoms with van der Waals surface area (Å²) in [6.45, 7) is 0. The van der Waals surface area contributed by atoms with Crippen LogP contribution >= 0.6 is 45.6 Å². The lowest BCUT2D eigenvalue weighted by atomic mass is 10.7. The third-order valence-electron chi connectivity index (χ3n) is 0.741. The molecule has 0 aliphatic carbocycles. The molecule has 0 nitrogen and oxygen atoms in total. The van der Waals surface area contributed by atoms with E-state index in [-0.39, 0.29) is 0 Å². The highest BCUT2D eigenvalue weighted by Crippen LogP contribution is 2.33. The van der Waals surface area contributed by atoms with Crippen molar-refractivity contribution in [2.24, 2.45) is 0 Å². The Kier molecular flexibility index (Phi) is 3.32. The zero-order valence-corrected chi connectivity index (χ0v) is 8.17. The standard InChI is InChI=1S/C5H6S4/c1-7-9-4-2-5(6)8-3-4/h2-3,6H,1H3. The van der Waals surface area contributed by atoms with Crippen molar-refractivity contribution < 1.29 is 0 Å². The molecule has 0 fully saturated rings. The van der Waals surface area contributed by atoms with E-state index in [1.165, 1.54) is 4.90 Å². The van der Waals surface area contributed by atoms with E-state index in [9.17, 15) is 0 Å². The molecule has 0 bridgehead atoms. The summed E-state index contributed by atoms with van der Waals surface area (Å²) in [5.41, 5.74) is 0. The second-order valence-corrected chi connectivity index (χ2v) is 5.54. The fourth-order valence-corrected chi connectivity index (χ4v) is 3.14. The molecule has 1 heterocycles. The lowest BCUT2D eigenvalue weighted by Crippen LogP contribution is -1.50. The molecule has 0 radical (unpaired) electrons. The van der Waals surface area contributed by atoms with E-state index in [0.717, 1.165) is 4.21 Å². The van der Waals surface area contributed by atoms with Crippen LogP contribution < -0.4 is 0 Å². The van der Waals surface area contributed by atoms with Gasteiger partial charge in [-0.15, -0.1) is 24.0 Å². The second kappa shape index (κ2) is 3.81. The molecule has 0 aromatic carbocycles. The maximum absolute atomic E-state index is 4.19. The van der Waals surface area contributed by atoms with Gasteiger partial charge in [0.1, 0.15) is 0 Å². The number of thiol groups is 1. The Balaban J connectivity index is 2.61. The average molecular weight is 194 g/mol. The molecule has 0 atom stereocenters. The molecule has 0 saturated heterocycles. The largest absolute Gasteiger partial charge is 0.136 e. The third kappa shape index (κ3) is 2.45. The minimum Gasteiger partial charge on any atom is -0.136 e. The SMILES string of the molecule is CSSc1csc(S)c1. The lowest BCUT2D eigenvalue weighted by molar-refractivity contribution is 1.54. The predicted octanol–water partition coefficient (Wildman–Crippen LogP) is 3.41. The summed E-state index contributed by atoms with van der Waals surface area (Å²) in [6, 6.07) is 2.08. The van der Waals surface area contributed by atoms with Crippen LogP contribution in [0.25, 0.3) is 0 Å². The van der Waals surface area contributed by atoms with E-state index in [2.05, 4.69) is 30.3 Å². The monoisotopic (exact) mass is 194 g/mol. The zero-order chi connectivity index (χ0) is 6.69. The molecule has 0 spiro atoms. The van der Waals surface area contributed by atoms with E-state index in [4.69, 9.17) is 0 Å². The molecule has 0 saturated carbocycles. The Morgan fingerprint density at radius 3 is 2.89 bits per heavy atom. The van der Waals surface area contributed by atoms with Crippen LogP contribution in [0, 0.1) is 0 Å². The highest BCUT2D eigenvalue weighted by molar-refractivity contribution is 8.76. The van der Waals surface area contributed by atoms with Crippen molar-refractivity contribution in [3.05, 3.63) is 11.4 Å². The van der Waals surface area contributed by atoms with Crippen molar-refractivity contribution in [1.29, 1.82) is 0 Å². The summed E-state index contributed by atoms with van der Waals surface area (Å²) in [5.74, 6) is 0. The Hall–Kier alpha value is 0.750. The first-order chi connectivity index (χ1) is 4.33. The quantitative estimate of drug-likeness (QED) is 0.566. The maximum atomic E-state index is 4.19. The molecule has 0 aliphatic rings. The molecular formula is C5H6S4. The van der Waals surface area contributed by atoms with Crippen molar-refractivity contribution in [2.75, 3.05) is 6.26 Å². The number of thiophene rings is 1. The summed E-state index contributed by atoms with van der Waals surface area (Å²) in [7, 11) is 3.53. The fourth-order valence-electron chi connectivity index (χ4n) is 0.448. The number of hydrogen-bond donors (Lipinski definition) is 1. The Bertz CT molecular complexity index is 181. The van der Waals surface area contributed by atoms with Crippen LogP contribution in [0.2, 0.25) is 0 Å². The first-order valence-corrected chi connectivity index (χ1v) is 6.19. The zero-order valence-electron chi connectivity index (χ0n) is 4.83. The number of hydrogen-bond acceptors (Lipinski definition) is 4. The van der Waals surface area contributed by atoms with Gasteiger partial charge < -0.3 is 0 Å². The second-order valence-electron chi connectivity index (χ2n) is 1.37. The molecule has 1 aromatic heterocycles. The fraction of sp³-hybridized carbons (Fsp3) is 0.200. The molecule has 0 N–H and O–H groups in total. The van der Waals surface area contributed by atoms with Crippen molar-refractivity contribution >= 4 is 45.6 Å². The smallest absolute Gasteiger partial charge is 0.0579 e. The molecule has 0 unspecified atom stereocenters. The lowest BCUT2D eigenvalue weighted by Gasteiger charge is -1.85. The minimum absolute atomic E-state index is 1.09.